The molecule has 7 heteroatoms. The largest absolute Gasteiger partial charge is 0.508 e. The number of nitrogens with one attached hydrogen (secondary N) is 1. The van der Waals surface area contributed by atoms with Crippen molar-refractivity contribution in [2.75, 3.05) is 26.2 Å². The quantitative estimate of drug-likeness (QED) is 0.301. The number of aliphatic hydroxyl groups is 1. The number of piperidine rings is 1. The average Bonchev–Trinajstić information content (AvgIpc) is 3.61. The lowest BCUT2D eigenvalue weighted by Gasteiger charge is -2.58. The van der Waals surface area contributed by atoms with Crippen LogP contribution in [0.25, 0.3) is 27.4 Å². The average molecular weight is 581 g/mol. The molecule has 0 radical (unpaired) electrons. The standard InChI is InChI=1S/C36H44N4O3/c41-24-9-10-30-27(20-24)26-12-16-37-31(32(26)38-30)28-21-35(42)14-5-3-1-2-4-6-17-39-19-13-29(28)34(23-39)22-36-15-11-25(43-36)8-7-18-40(36)33(34)35/h1,3,9-10,12,16,20-21,25,29,33,38,41-42H,2,4-8,11,13-15,17-19,22-23H2/t25-,29+,33-,34+,35+,36+/m1/s1. The van der Waals surface area contributed by atoms with E-state index in [0.717, 1.165) is 105 Å². The van der Waals surface area contributed by atoms with Gasteiger partial charge in [-0.25, -0.2) is 0 Å². The van der Waals surface area contributed by atoms with Crippen LogP contribution in [0.2, 0.25) is 0 Å². The molecule has 1 unspecified atom stereocenters. The number of pyridine rings is 1. The van der Waals surface area contributed by atoms with Crippen LogP contribution in [0, 0.1) is 11.3 Å². The Morgan fingerprint density at radius 1 is 0.953 bits per heavy atom. The van der Waals surface area contributed by atoms with Crippen LogP contribution >= 0.6 is 0 Å². The van der Waals surface area contributed by atoms with E-state index in [1.807, 2.05) is 18.3 Å². The van der Waals surface area contributed by atoms with Crippen LogP contribution in [-0.2, 0) is 4.74 Å². The third-order valence-corrected chi connectivity index (χ3v) is 12.1. The maximum atomic E-state index is 13.2. The van der Waals surface area contributed by atoms with Crippen molar-refractivity contribution >= 4 is 27.4 Å². The third kappa shape index (κ3) is 3.90. The van der Waals surface area contributed by atoms with Gasteiger partial charge in [0.25, 0.3) is 0 Å². The number of rotatable bonds is 1. The highest BCUT2D eigenvalue weighted by Gasteiger charge is 2.71. The van der Waals surface area contributed by atoms with Crippen molar-refractivity contribution in [2.24, 2.45) is 11.3 Å². The fourth-order valence-electron chi connectivity index (χ4n) is 10.6. The van der Waals surface area contributed by atoms with Gasteiger partial charge in [0.15, 0.2) is 0 Å². The van der Waals surface area contributed by atoms with E-state index in [1.54, 1.807) is 6.07 Å². The number of aromatic hydroxyl groups is 1. The first-order valence-electron chi connectivity index (χ1n) is 16.8. The molecule has 7 atom stereocenters. The first-order chi connectivity index (χ1) is 21.0. The molecule has 5 aliphatic heterocycles. The molecular weight excluding hydrogens is 536 g/mol. The first kappa shape index (κ1) is 26.7. The minimum absolute atomic E-state index is 0.0291. The van der Waals surface area contributed by atoms with Crippen molar-refractivity contribution in [1.82, 2.24) is 19.8 Å². The Kier molecular flexibility index (Phi) is 5.98. The maximum Gasteiger partial charge on any atom is 0.123 e. The second-order valence-electron chi connectivity index (χ2n) is 14.5. The van der Waals surface area contributed by atoms with E-state index >= 15 is 0 Å². The van der Waals surface area contributed by atoms with Crippen LogP contribution in [0.3, 0.4) is 0 Å². The van der Waals surface area contributed by atoms with Gasteiger partial charge in [0.2, 0.25) is 0 Å². The summed E-state index contributed by atoms with van der Waals surface area (Å²) in [6.07, 6.45) is 20.9. The number of aromatic nitrogens is 2. The van der Waals surface area contributed by atoms with Gasteiger partial charge < -0.3 is 24.8 Å². The summed E-state index contributed by atoms with van der Waals surface area (Å²) in [6.45, 7) is 4.23. The summed E-state index contributed by atoms with van der Waals surface area (Å²) in [6, 6.07) is 7.62. The number of aromatic amines is 1. The molecule has 2 spiro atoms. The van der Waals surface area contributed by atoms with Crippen LogP contribution in [0.4, 0.5) is 0 Å². The third-order valence-electron chi connectivity index (χ3n) is 12.1. The predicted molar refractivity (Wildman–Crippen MR) is 169 cm³/mol. The Bertz CT molecular complexity index is 1650. The van der Waals surface area contributed by atoms with Gasteiger partial charge >= 0.3 is 0 Å². The fraction of sp³-hybridized carbons (Fsp3) is 0.583. The first-order valence-corrected chi connectivity index (χ1v) is 16.8. The lowest BCUT2D eigenvalue weighted by atomic mass is 9.54. The van der Waals surface area contributed by atoms with Crippen LogP contribution in [0.15, 0.2) is 48.7 Å². The molecule has 1 aromatic carbocycles. The highest BCUT2D eigenvalue weighted by Crippen LogP contribution is 2.66. The predicted octanol–water partition coefficient (Wildman–Crippen LogP) is 6.12. The summed E-state index contributed by atoms with van der Waals surface area (Å²) in [7, 11) is 0. The molecule has 43 heavy (non-hydrogen) atoms. The van der Waals surface area contributed by atoms with E-state index < -0.39 is 5.60 Å². The molecule has 3 N–H and O–H groups in total. The van der Waals surface area contributed by atoms with Crippen molar-refractivity contribution < 1.29 is 14.9 Å². The van der Waals surface area contributed by atoms with Crippen LogP contribution in [-0.4, -0.2) is 79.6 Å². The van der Waals surface area contributed by atoms with E-state index in [0.29, 0.717) is 12.5 Å². The molecule has 4 fully saturated rings. The Hall–Kier alpha value is -2.71. The molecule has 4 saturated heterocycles. The zero-order valence-corrected chi connectivity index (χ0v) is 25.1. The van der Waals surface area contributed by atoms with Crippen LogP contribution in [0.5, 0.6) is 5.75 Å². The fourth-order valence-corrected chi connectivity index (χ4v) is 10.6. The number of allylic oxidation sites excluding steroid dienone is 3. The van der Waals surface area contributed by atoms with Crippen molar-refractivity contribution in [3.63, 3.8) is 0 Å². The van der Waals surface area contributed by atoms with Gasteiger partial charge in [-0.15, -0.1) is 0 Å². The molecule has 5 bridgehead atoms. The summed E-state index contributed by atoms with van der Waals surface area (Å²) in [4.78, 5) is 14.2. The molecule has 6 aliphatic rings. The summed E-state index contributed by atoms with van der Waals surface area (Å²) in [5, 5.41) is 25.6. The summed E-state index contributed by atoms with van der Waals surface area (Å²) < 4.78 is 7.07. The van der Waals surface area contributed by atoms with Gasteiger partial charge in [-0.2, -0.15) is 0 Å². The molecular formula is C36H44N4O3. The number of phenols is 1. The lowest BCUT2D eigenvalue weighted by Crippen LogP contribution is -2.66. The molecule has 2 aromatic heterocycles. The second-order valence-corrected chi connectivity index (χ2v) is 14.5. The van der Waals surface area contributed by atoms with Gasteiger partial charge in [0, 0.05) is 41.0 Å². The molecule has 7 heterocycles. The zero-order valence-electron chi connectivity index (χ0n) is 25.1. The number of phenolic OH excluding ortho intramolecular Hbond substituents is 1. The van der Waals surface area contributed by atoms with Crippen molar-refractivity contribution in [2.45, 2.75) is 94.1 Å². The number of fused-ring (bicyclic) bond motifs is 5. The Morgan fingerprint density at radius 3 is 2.84 bits per heavy atom. The molecule has 7 nitrogen and oxygen atoms in total. The number of nitrogens with zero attached hydrogens (tertiary/aromatic N) is 3. The number of benzene rings is 1. The molecule has 1 aliphatic carbocycles. The Balaban J connectivity index is 1.27. The summed E-state index contributed by atoms with van der Waals surface area (Å²) >= 11 is 0. The smallest absolute Gasteiger partial charge is 0.123 e. The minimum Gasteiger partial charge on any atom is -0.508 e. The van der Waals surface area contributed by atoms with Gasteiger partial charge in [0.1, 0.15) is 11.5 Å². The highest BCUT2D eigenvalue weighted by molar-refractivity contribution is 6.10. The van der Waals surface area contributed by atoms with Gasteiger partial charge in [-0.1, -0.05) is 12.2 Å². The molecule has 3 aromatic rings. The number of ether oxygens (including phenoxy) is 1. The lowest BCUT2D eigenvalue weighted by molar-refractivity contribution is -0.145. The minimum atomic E-state index is -0.989. The van der Waals surface area contributed by atoms with Gasteiger partial charge in [-0.3, -0.25) is 9.88 Å². The van der Waals surface area contributed by atoms with Gasteiger partial charge in [-0.05, 0) is 126 Å². The van der Waals surface area contributed by atoms with Crippen LogP contribution in [0.1, 0.15) is 76.3 Å². The van der Waals surface area contributed by atoms with E-state index in [1.165, 1.54) is 18.4 Å². The zero-order chi connectivity index (χ0) is 28.8. The van der Waals surface area contributed by atoms with Crippen molar-refractivity contribution in [3.8, 4) is 5.75 Å². The Morgan fingerprint density at radius 2 is 1.88 bits per heavy atom. The monoisotopic (exact) mass is 580 g/mol. The number of hydrogen-bond donors (Lipinski definition) is 3. The van der Waals surface area contributed by atoms with Crippen molar-refractivity contribution in [3.05, 3.63) is 54.4 Å². The maximum absolute atomic E-state index is 13.2. The summed E-state index contributed by atoms with van der Waals surface area (Å²) in [5.74, 6) is 0.557. The van der Waals surface area contributed by atoms with Gasteiger partial charge in [0.05, 0.1) is 29.0 Å². The molecule has 9 rings (SSSR count). The van der Waals surface area contributed by atoms with E-state index in [2.05, 4.69) is 39.1 Å². The number of hydrogen-bond acceptors (Lipinski definition) is 6. The molecule has 0 amide bonds. The van der Waals surface area contributed by atoms with Crippen molar-refractivity contribution in [1.29, 1.82) is 0 Å². The van der Waals surface area contributed by atoms with E-state index in [-0.39, 0.29) is 28.8 Å². The van der Waals surface area contributed by atoms with E-state index in [9.17, 15) is 10.2 Å². The molecule has 0 saturated carbocycles. The highest BCUT2D eigenvalue weighted by atomic mass is 16.5. The SMILES string of the molecule is Oc1ccc2[nH]c3c(C4=C[C@@]5(O)CCC=CCCCCN6CC[C@@H]4[C@@]4(C6)C[C@@]67CC[C@@H](CCCN6[C@H]45)O7)nccc3c2c1. The molecule has 226 valence electrons. The summed E-state index contributed by atoms with van der Waals surface area (Å²) in [5.41, 5.74) is 2.81. The second kappa shape index (κ2) is 9.64. The van der Waals surface area contributed by atoms with Crippen LogP contribution < -0.4 is 0 Å². The van der Waals surface area contributed by atoms with E-state index in [4.69, 9.17) is 9.72 Å². The topological polar surface area (TPSA) is 84.9 Å². The normalized spacial score (nSPS) is 39.5. The Labute approximate surface area is 253 Å². The number of H-pyrrole nitrogens is 1.